The lowest BCUT2D eigenvalue weighted by atomic mass is 9.94. The van der Waals surface area contributed by atoms with E-state index in [-0.39, 0.29) is 11.5 Å². The third-order valence-corrected chi connectivity index (χ3v) is 2.62. The molecule has 0 saturated carbocycles. The maximum Gasteiger partial charge on any atom is 0.159 e. The molecule has 1 heterocycles. The van der Waals surface area contributed by atoms with E-state index in [1.807, 2.05) is 0 Å². The molecule has 0 saturated heterocycles. The molecule has 1 unspecified atom stereocenters. The minimum Gasteiger partial charge on any atom is -0.504 e. The number of phenolic OH excluding ortho intramolecular Hbond substituents is 2. The highest BCUT2D eigenvalue weighted by Gasteiger charge is 2.18. The van der Waals surface area contributed by atoms with Gasteiger partial charge in [0.05, 0.1) is 0 Å². The first-order valence-electron chi connectivity index (χ1n) is 4.69. The van der Waals surface area contributed by atoms with Gasteiger partial charge in [-0.15, -0.1) is 0 Å². The van der Waals surface area contributed by atoms with Crippen molar-refractivity contribution in [2.75, 3.05) is 18.4 Å². The fourth-order valence-electron chi connectivity index (χ4n) is 1.76. The topological polar surface area (TPSA) is 78.5 Å². The van der Waals surface area contributed by atoms with E-state index in [2.05, 4.69) is 5.32 Å². The second-order valence-electron chi connectivity index (χ2n) is 3.68. The molecular weight excluding hydrogens is 180 g/mol. The van der Waals surface area contributed by atoms with Gasteiger partial charge in [-0.05, 0) is 30.5 Å². The van der Waals surface area contributed by atoms with Gasteiger partial charge in [0.1, 0.15) is 0 Å². The van der Waals surface area contributed by atoms with Crippen LogP contribution in [0.3, 0.4) is 0 Å². The van der Waals surface area contributed by atoms with Gasteiger partial charge < -0.3 is 21.3 Å². The van der Waals surface area contributed by atoms with E-state index in [4.69, 9.17) is 5.73 Å². The second-order valence-corrected chi connectivity index (χ2v) is 3.68. The molecule has 76 valence electrons. The molecule has 0 radical (unpaired) electrons. The molecule has 0 aliphatic carbocycles. The van der Waals surface area contributed by atoms with Crippen molar-refractivity contribution in [3.63, 3.8) is 0 Å². The van der Waals surface area contributed by atoms with E-state index in [1.54, 1.807) is 12.1 Å². The van der Waals surface area contributed by atoms with Crippen LogP contribution in [0.4, 0.5) is 5.69 Å². The summed E-state index contributed by atoms with van der Waals surface area (Å²) in [5, 5.41) is 21.8. The number of benzene rings is 1. The number of rotatable bonds is 1. The lowest BCUT2D eigenvalue weighted by Crippen LogP contribution is -2.29. The summed E-state index contributed by atoms with van der Waals surface area (Å²) in [7, 11) is 0. The van der Waals surface area contributed by atoms with E-state index in [0.717, 1.165) is 24.2 Å². The second kappa shape index (κ2) is 3.38. The Morgan fingerprint density at radius 1 is 1.36 bits per heavy atom. The zero-order valence-corrected chi connectivity index (χ0v) is 7.83. The molecule has 1 atom stereocenters. The van der Waals surface area contributed by atoms with Gasteiger partial charge in [0, 0.05) is 18.3 Å². The first-order valence-corrected chi connectivity index (χ1v) is 4.69. The zero-order valence-electron chi connectivity index (χ0n) is 7.83. The molecule has 4 nitrogen and oxygen atoms in total. The zero-order chi connectivity index (χ0) is 10.1. The summed E-state index contributed by atoms with van der Waals surface area (Å²) in [6, 6.07) is 3.15. The van der Waals surface area contributed by atoms with Crippen LogP contribution in [0.2, 0.25) is 0 Å². The quantitative estimate of drug-likeness (QED) is 0.391. The molecule has 14 heavy (non-hydrogen) atoms. The van der Waals surface area contributed by atoms with Crippen LogP contribution in [0, 0.1) is 5.92 Å². The summed E-state index contributed by atoms with van der Waals surface area (Å²) < 4.78 is 0. The Hall–Kier alpha value is -1.42. The third-order valence-electron chi connectivity index (χ3n) is 2.62. The van der Waals surface area contributed by atoms with Gasteiger partial charge in [0.25, 0.3) is 0 Å². The minimum absolute atomic E-state index is 0.0665. The SMILES string of the molecule is NCC1CNc2cc(O)c(O)cc2C1. The Morgan fingerprint density at radius 2 is 2.07 bits per heavy atom. The predicted molar refractivity (Wildman–Crippen MR) is 54.5 cm³/mol. The number of anilines is 1. The Labute approximate surface area is 82.4 Å². The van der Waals surface area contributed by atoms with Crippen LogP contribution in [0.15, 0.2) is 12.1 Å². The first-order chi connectivity index (χ1) is 6.70. The molecule has 2 rings (SSSR count). The fraction of sp³-hybridized carbons (Fsp3) is 0.400. The number of aromatic hydroxyl groups is 2. The van der Waals surface area contributed by atoms with Crippen LogP contribution in [-0.2, 0) is 6.42 Å². The summed E-state index contributed by atoms with van der Waals surface area (Å²) in [4.78, 5) is 0. The molecule has 1 aromatic rings. The lowest BCUT2D eigenvalue weighted by Gasteiger charge is -2.25. The van der Waals surface area contributed by atoms with Crippen molar-refractivity contribution in [3.05, 3.63) is 17.7 Å². The third kappa shape index (κ3) is 1.48. The standard InChI is InChI=1S/C10H14N2O2/c11-4-6-1-7-2-9(13)10(14)3-8(7)12-5-6/h2-3,6,12-14H,1,4-5,11H2. The number of phenols is 2. The van der Waals surface area contributed by atoms with Crippen LogP contribution in [-0.4, -0.2) is 23.3 Å². The molecule has 4 heteroatoms. The largest absolute Gasteiger partial charge is 0.504 e. The molecule has 0 aromatic heterocycles. The average Bonchev–Trinajstić information content (AvgIpc) is 2.19. The highest BCUT2D eigenvalue weighted by Crippen LogP contribution is 2.34. The summed E-state index contributed by atoms with van der Waals surface area (Å²) in [5.41, 5.74) is 7.49. The average molecular weight is 194 g/mol. The normalized spacial score (nSPS) is 19.9. The van der Waals surface area contributed by atoms with Crippen molar-refractivity contribution in [1.82, 2.24) is 0 Å². The monoisotopic (exact) mass is 194 g/mol. The van der Waals surface area contributed by atoms with E-state index >= 15 is 0 Å². The molecular formula is C10H14N2O2. The summed E-state index contributed by atoms with van der Waals surface area (Å²) in [5.74, 6) is 0.261. The van der Waals surface area contributed by atoms with Crippen molar-refractivity contribution in [2.45, 2.75) is 6.42 Å². The maximum absolute atomic E-state index is 9.33. The minimum atomic E-state index is -0.0811. The van der Waals surface area contributed by atoms with Crippen LogP contribution < -0.4 is 11.1 Å². The van der Waals surface area contributed by atoms with Crippen molar-refractivity contribution >= 4 is 5.69 Å². The molecule has 1 aliphatic heterocycles. The molecule has 0 fully saturated rings. The Balaban J connectivity index is 2.33. The summed E-state index contributed by atoms with van der Waals surface area (Å²) in [6.45, 7) is 1.46. The molecule has 0 bridgehead atoms. The Morgan fingerprint density at radius 3 is 2.79 bits per heavy atom. The van der Waals surface area contributed by atoms with Gasteiger partial charge in [-0.1, -0.05) is 0 Å². The molecule has 5 N–H and O–H groups in total. The van der Waals surface area contributed by atoms with Gasteiger partial charge in [0.15, 0.2) is 11.5 Å². The van der Waals surface area contributed by atoms with Crippen molar-refractivity contribution < 1.29 is 10.2 Å². The van der Waals surface area contributed by atoms with Gasteiger partial charge in [-0.25, -0.2) is 0 Å². The smallest absolute Gasteiger partial charge is 0.159 e. The predicted octanol–water partition coefficient (Wildman–Crippen LogP) is 0.641. The molecule has 0 amide bonds. The molecule has 1 aliphatic rings. The van der Waals surface area contributed by atoms with E-state index in [1.165, 1.54) is 0 Å². The van der Waals surface area contributed by atoms with Crippen LogP contribution >= 0.6 is 0 Å². The molecule has 0 spiro atoms. The van der Waals surface area contributed by atoms with Crippen LogP contribution in [0.5, 0.6) is 11.5 Å². The number of nitrogens with one attached hydrogen (secondary N) is 1. The molecule has 1 aromatic carbocycles. The summed E-state index contributed by atoms with van der Waals surface area (Å²) in [6.07, 6.45) is 0.854. The van der Waals surface area contributed by atoms with E-state index < -0.39 is 0 Å². The van der Waals surface area contributed by atoms with Crippen molar-refractivity contribution in [2.24, 2.45) is 11.7 Å². The van der Waals surface area contributed by atoms with Crippen molar-refractivity contribution in [3.8, 4) is 11.5 Å². The Kier molecular flexibility index (Phi) is 2.21. The first kappa shape index (κ1) is 9.15. The van der Waals surface area contributed by atoms with Gasteiger partial charge >= 0.3 is 0 Å². The van der Waals surface area contributed by atoms with Crippen LogP contribution in [0.25, 0.3) is 0 Å². The van der Waals surface area contributed by atoms with Gasteiger partial charge in [-0.3, -0.25) is 0 Å². The Bertz CT molecular complexity index is 352. The number of fused-ring (bicyclic) bond motifs is 1. The van der Waals surface area contributed by atoms with E-state index in [9.17, 15) is 10.2 Å². The maximum atomic E-state index is 9.33. The van der Waals surface area contributed by atoms with Crippen molar-refractivity contribution in [1.29, 1.82) is 0 Å². The number of hydrogen-bond donors (Lipinski definition) is 4. The van der Waals surface area contributed by atoms with Gasteiger partial charge in [0.2, 0.25) is 0 Å². The van der Waals surface area contributed by atoms with Gasteiger partial charge in [-0.2, -0.15) is 0 Å². The summed E-state index contributed by atoms with van der Waals surface area (Å²) >= 11 is 0. The fourth-order valence-corrected chi connectivity index (χ4v) is 1.76. The number of hydrogen-bond acceptors (Lipinski definition) is 4. The highest BCUT2D eigenvalue weighted by molar-refractivity contribution is 5.61. The number of nitrogens with two attached hydrogens (primary N) is 1. The van der Waals surface area contributed by atoms with E-state index in [0.29, 0.717) is 12.5 Å². The highest BCUT2D eigenvalue weighted by atomic mass is 16.3. The van der Waals surface area contributed by atoms with Crippen LogP contribution in [0.1, 0.15) is 5.56 Å². The lowest BCUT2D eigenvalue weighted by molar-refractivity contribution is 0.402.